The van der Waals surface area contributed by atoms with Gasteiger partial charge < -0.3 is 100 Å². The minimum absolute atomic E-state index is 0.0511. The Morgan fingerprint density at radius 3 is 1.05 bits per heavy atom. The molecule has 0 bridgehead atoms. The van der Waals surface area contributed by atoms with E-state index in [2.05, 4.69) is 41.5 Å². The second-order valence-corrected chi connectivity index (χ2v) is 20.0. The Hall–Kier alpha value is -0.840. The zero-order valence-corrected chi connectivity index (χ0v) is 47.0. The molecular weight excluding hydrogens is 959 g/mol. The summed E-state index contributed by atoms with van der Waals surface area (Å²) in [7, 11) is 11.4. The molecule has 0 aromatic rings. The van der Waals surface area contributed by atoms with Gasteiger partial charge in [0.15, 0.2) is 31.5 Å². The Bertz CT molecular complexity index is 1490. The first-order valence-corrected chi connectivity index (χ1v) is 26.9. The lowest BCUT2D eigenvalue weighted by atomic mass is 9.83. The molecule has 73 heavy (non-hydrogen) atoms. The Kier molecular flexibility index (Phi) is 27.3. The highest BCUT2D eigenvalue weighted by atomic mass is 16.8. The summed E-state index contributed by atoms with van der Waals surface area (Å²) in [5.41, 5.74) is 5.45. The first kappa shape index (κ1) is 63.0. The van der Waals surface area contributed by atoms with Crippen LogP contribution in [0.3, 0.4) is 0 Å². The van der Waals surface area contributed by atoms with E-state index in [1.807, 2.05) is 20.8 Å². The summed E-state index contributed by atoms with van der Waals surface area (Å²) in [4.78, 5) is 0. The van der Waals surface area contributed by atoms with Crippen molar-refractivity contribution in [1.82, 2.24) is 0 Å². The van der Waals surface area contributed by atoms with Gasteiger partial charge in [0.05, 0.1) is 89.0 Å². The summed E-state index contributed by atoms with van der Waals surface area (Å²) in [5.74, 6) is 0.0583. The second kappa shape index (κ2) is 31.7. The summed E-state index contributed by atoms with van der Waals surface area (Å²) >= 11 is 0. The first-order valence-electron chi connectivity index (χ1n) is 26.9. The maximum absolute atomic E-state index is 6.96. The zero-order chi connectivity index (χ0) is 53.4. The van der Waals surface area contributed by atoms with Crippen molar-refractivity contribution in [2.45, 2.75) is 211 Å². The molecule has 2 N–H and O–H groups in total. The van der Waals surface area contributed by atoms with Gasteiger partial charge in [0.25, 0.3) is 0 Å². The molecular formula is C52H97NO20. The van der Waals surface area contributed by atoms with E-state index in [1.165, 1.54) is 0 Å². The topological polar surface area (TPSA) is 211 Å². The maximum Gasteiger partial charge on any atom is 0.187 e. The van der Waals surface area contributed by atoms with E-state index in [0.29, 0.717) is 65.6 Å². The van der Waals surface area contributed by atoms with Crippen molar-refractivity contribution in [2.24, 2.45) is 29.4 Å². The first-order chi connectivity index (χ1) is 35.2. The predicted octanol–water partition coefficient (Wildman–Crippen LogP) is 4.10. The van der Waals surface area contributed by atoms with E-state index in [-0.39, 0.29) is 54.4 Å². The van der Waals surface area contributed by atoms with Crippen LogP contribution in [0.2, 0.25) is 0 Å². The van der Waals surface area contributed by atoms with Crippen molar-refractivity contribution in [3.05, 3.63) is 0 Å². The molecule has 0 aromatic carbocycles. The normalized spacial score (nSPS) is 43.6. The quantitative estimate of drug-likeness (QED) is 0.100. The Morgan fingerprint density at radius 1 is 0.315 bits per heavy atom. The highest BCUT2D eigenvalue weighted by Crippen LogP contribution is 2.42. The lowest BCUT2D eigenvalue weighted by Crippen LogP contribution is -2.65. The molecule has 5 aliphatic heterocycles. The molecule has 5 fully saturated rings. The molecule has 25 atom stereocenters. The Balaban J connectivity index is 1.20. The molecule has 0 amide bonds. The van der Waals surface area contributed by atoms with Crippen LogP contribution in [0.25, 0.3) is 0 Å². The van der Waals surface area contributed by atoms with Crippen molar-refractivity contribution in [2.75, 3.05) is 103 Å². The van der Waals surface area contributed by atoms with Crippen molar-refractivity contribution in [1.29, 1.82) is 0 Å². The van der Waals surface area contributed by atoms with E-state index in [9.17, 15) is 0 Å². The molecule has 5 aliphatic rings. The van der Waals surface area contributed by atoms with E-state index >= 15 is 0 Å². The molecule has 5 saturated heterocycles. The maximum atomic E-state index is 6.96. The van der Waals surface area contributed by atoms with Crippen LogP contribution < -0.4 is 5.73 Å². The third-order valence-electron chi connectivity index (χ3n) is 15.7. The fourth-order valence-electron chi connectivity index (χ4n) is 11.1. The van der Waals surface area contributed by atoms with Crippen LogP contribution in [0.4, 0.5) is 0 Å². The number of hydrogen-bond donors (Lipinski definition) is 1. The van der Waals surface area contributed by atoms with Crippen LogP contribution in [0.1, 0.15) is 81.6 Å². The third-order valence-corrected chi connectivity index (χ3v) is 15.7. The molecule has 0 spiro atoms. The van der Waals surface area contributed by atoms with Gasteiger partial charge in [-0.3, -0.25) is 0 Å². The number of methoxy groups -OCH3 is 7. The van der Waals surface area contributed by atoms with E-state index in [0.717, 1.165) is 6.42 Å². The SMILES string of the molecule is CC[C@H]1O[C@H](OC)[C@H](C)[C@@H](C)[C@@H]1O[C@@H]1O[C@@H](C)[C@@H](O[C@H]2O[C@H](CC)[C@@H](O[C@@H]3O[C@H](C)[C@@H](O[C@H]4O[C@H](CC)[C@@H](OCCOCCOCCOCCN)[C@H](OC)[C@H]4OC)[C@H](OC)[C@H]3OC)[C@H](C)[C@H]2C)[C@H](OC)[C@H]1OC. The fraction of sp³-hybridized carbons (Fsp3) is 1.00. The van der Waals surface area contributed by atoms with Crippen LogP contribution in [-0.4, -0.2) is 232 Å². The highest BCUT2D eigenvalue weighted by Gasteiger charge is 2.56. The highest BCUT2D eigenvalue weighted by molar-refractivity contribution is 4.98. The predicted molar refractivity (Wildman–Crippen MR) is 265 cm³/mol. The van der Waals surface area contributed by atoms with Crippen LogP contribution in [0.5, 0.6) is 0 Å². The van der Waals surface area contributed by atoms with Gasteiger partial charge in [0.2, 0.25) is 0 Å². The molecule has 0 aliphatic carbocycles. The van der Waals surface area contributed by atoms with Gasteiger partial charge >= 0.3 is 0 Å². The number of nitrogens with two attached hydrogens (primary N) is 1. The molecule has 430 valence electrons. The molecule has 0 radical (unpaired) electrons. The van der Waals surface area contributed by atoms with Crippen LogP contribution in [0, 0.1) is 23.7 Å². The van der Waals surface area contributed by atoms with Crippen molar-refractivity contribution < 1.29 is 94.7 Å². The molecule has 5 rings (SSSR count). The average Bonchev–Trinajstić information content (AvgIpc) is 3.39. The minimum Gasteiger partial charge on any atom is -0.378 e. The van der Waals surface area contributed by atoms with Crippen molar-refractivity contribution in [3.63, 3.8) is 0 Å². The third kappa shape index (κ3) is 15.5. The summed E-state index contributed by atoms with van der Waals surface area (Å²) in [6, 6.07) is 0. The van der Waals surface area contributed by atoms with E-state index < -0.39 is 98.4 Å². The second-order valence-electron chi connectivity index (χ2n) is 20.0. The number of hydrogen-bond acceptors (Lipinski definition) is 21. The minimum atomic E-state index is -0.858. The van der Waals surface area contributed by atoms with Gasteiger partial charge in [-0.05, 0) is 44.9 Å². The van der Waals surface area contributed by atoms with Gasteiger partial charge in [-0.15, -0.1) is 0 Å². The zero-order valence-electron chi connectivity index (χ0n) is 47.0. The molecule has 5 heterocycles. The smallest absolute Gasteiger partial charge is 0.187 e. The largest absolute Gasteiger partial charge is 0.378 e. The number of ether oxygens (including phenoxy) is 20. The summed E-state index contributed by atoms with van der Waals surface area (Å²) in [6.45, 7) is 22.1. The molecule has 0 aromatic heterocycles. The monoisotopic (exact) mass is 1060 g/mol. The summed E-state index contributed by atoms with van der Waals surface area (Å²) in [6.07, 6.45) is -9.16. The van der Waals surface area contributed by atoms with Gasteiger partial charge in [-0.1, -0.05) is 48.5 Å². The van der Waals surface area contributed by atoms with Gasteiger partial charge in [0.1, 0.15) is 54.9 Å². The number of rotatable bonds is 30. The van der Waals surface area contributed by atoms with Crippen LogP contribution in [-0.2, 0) is 94.7 Å². The average molecular weight is 1060 g/mol. The van der Waals surface area contributed by atoms with Crippen molar-refractivity contribution >= 4 is 0 Å². The van der Waals surface area contributed by atoms with Crippen LogP contribution in [0.15, 0.2) is 0 Å². The molecule has 0 saturated carbocycles. The summed E-state index contributed by atoms with van der Waals surface area (Å²) < 4.78 is 126. The van der Waals surface area contributed by atoms with Gasteiger partial charge in [-0.2, -0.15) is 0 Å². The van der Waals surface area contributed by atoms with Gasteiger partial charge in [0, 0.05) is 68.1 Å². The van der Waals surface area contributed by atoms with Gasteiger partial charge in [-0.25, -0.2) is 0 Å². The van der Waals surface area contributed by atoms with Crippen LogP contribution >= 0.6 is 0 Å². The summed E-state index contributed by atoms with van der Waals surface area (Å²) in [5, 5.41) is 0. The molecule has 21 heteroatoms. The lowest BCUT2D eigenvalue weighted by Gasteiger charge is -2.52. The van der Waals surface area contributed by atoms with E-state index in [1.54, 1.807) is 49.8 Å². The lowest BCUT2D eigenvalue weighted by molar-refractivity contribution is -0.383. The Labute approximate surface area is 436 Å². The fourth-order valence-corrected chi connectivity index (χ4v) is 11.1. The molecule has 0 unspecified atom stereocenters. The van der Waals surface area contributed by atoms with E-state index in [4.69, 9.17) is 100 Å². The standard InChI is InChI=1S/C52H97NO20/c1-17-34-37(28(4)30(6)48(60-16)67-34)70-50-45(57-13)42(54-10)39(32(8)65-50)72-49-31(7)29(5)38(35(18-2)68-49)71-51-46(58-14)43(55-11)40(33(9)66-51)73-52-47(59-15)44(56-12)41(36(19-3)69-52)64-27-26-63-25-24-62-23-22-61-21-20-53/h28-52H,17-27,53H2,1-16H3/t28-,29-,30-,31-,32+,33-,34-,35-,36-,37+,38+,39-,40-,41-,42+,43+,44+,45-,46-,47-,48+,49-,50+,51+,52-/m1/s1. The Morgan fingerprint density at radius 2 is 0.644 bits per heavy atom. The molecule has 21 nitrogen and oxygen atoms in total. The van der Waals surface area contributed by atoms with Crippen molar-refractivity contribution in [3.8, 4) is 0 Å².